The van der Waals surface area contributed by atoms with Crippen LogP contribution in [0.1, 0.15) is 17.3 Å². The van der Waals surface area contributed by atoms with Crippen LogP contribution < -0.4 is 5.73 Å². The molecular formula is C11H10ClN5O4. The Balaban J connectivity index is 2.44. The summed E-state index contributed by atoms with van der Waals surface area (Å²) in [6.07, 6.45) is 2.24. The third-order valence-corrected chi connectivity index (χ3v) is 2.80. The van der Waals surface area contributed by atoms with Crippen molar-refractivity contribution < 1.29 is 14.5 Å². The highest BCUT2D eigenvalue weighted by Crippen LogP contribution is 2.25. The first kappa shape index (κ1) is 14.7. The summed E-state index contributed by atoms with van der Waals surface area (Å²) < 4.78 is 5.93. The van der Waals surface area contributed by atoms with Crippen LogP contribution in [0.3, 0.4) is 0 Å². The van der Waals surface area contributed by atoms with Gasteiger partial charge in [-0.2, -0.15) is 9.78 Å². The molecule has 0 radical (unpaired) electrons. The molecular weight excluding hydrogens is 302 g/mol. The van der Waals surface area contributed by atoms with Crippen LogP contribution in [0.15, 0.2) is 18.5 Å². The highest BCUT2D eigenvalue weighted by atomic mass is 35.5. The van der Waals surface area contributed by atoms with Crippen molar-refractivity contribution >= 4 is 29.1 Å². The van der Waals surface area contributed by atoms with E-state index in [0.29, 0.717) is 0 Å². The van der Waals surface area contributed by atoms with E-state index in [0.717, 1.165) is 16.9 Å². The molecule has 0 saturated carbocycles. The van der Waals surface area contributed by atoms with Crippen LogP contribution in [0.4, 0.5) is 11.5 Å². The number of aromatic nitrogens is 3. The first-order valence-corrected chi connectivity index (χ1v) is 6.14. The van der Waals surface area contributed by atoms with Gasteiger partial charge < -0.3 is 10.5 Å². The third-order valence-electron chi connectivity index (χ3n) is 2.52. The number of nitrogens with two attached hydrogens (primary N) is 1. The van der Waals surface area contributed by atoms with Gasteiger partial charge in [-0.1, -0.05) is 11.6 Å². The molecule has 110 valence electrons. The Bertz CT molecular complexity index is 715. The normalized spacial score (nSPS) is 10.4. The number of halogens is 1. The van der Waals surface area contributed by atoms with Crippen LogP contribution in [-0.4, -0.2) is 32.3 Å². The van der Waals surface area contributed by atoms with Gasteiger partial charge >= 0.3 is 5.97 Å². The van der Waals surface area contributed by atoms with E-state index < -0.39 is 10.9 Å². The fourth-order valence-electron chi connectivity index (χ4n) is 1.57. The summed E-state index contributed by atoms with van der Waals surface area (Å²) in [7, 11) is 0. The van der Waals surface area contributed by atoms with Crippen molar-refractivity contribution in [2.45, 2.75) is 6.92 Å². The molecule has 21 heavy (non-hydrogen) atoms. The van der Waals surface area contributed by atoms with Crippen molar-refractivity contribution in [2.75, 3.05) is 12.3 Å². The fourth-order valence-corrected chi connectivity index (χ4v) is 1.81. The minimum Gasteiger partial charge on any atom is -0.462 e. The second kappa shape index (κ2) is 5.75. The van der Waals surface area contributed by atoms with Gasteiger partial charge in [-0.05, 0) is 6.92 Å². The van der Waals surface area contributed by atoms with Crippen LogP contribution in [0, 0.1) is 10.1 Å². The minimum atomic E-state index is -0.626. The van der Waals surface area contributed by atoms with E-state index >= 15 is 0 Å². The van der Waals surface area contributed by atoms with Gasteiger partial charge in [0, 0.05) is 6.07 Å². The quantitative estimate of drug-likeness (QED) is 0.516. The lowest BCUT2D eigenvalue weighted by molar-refractivity contribution is -0.385. The van der Waals surface area contributed by atoms with E-state index in [9.17, 15) is 14.9 Å². The van der Waals surface area contributed by atoms with E-state index in [1.165, 1.54) is 6.20 Å². The molecule has 0 saturated heterocycles. The van der Waals surface area contributed by atoms with Gasteiger partial charge in [0.15, 0.2) is 5.82 Å². The number of carbonyl (C=O) groups is 1. The summed E-state index contributed by atoms with van der Waals surface area (Å²) in [5.74, 6) is -0.564. The smallest absolute Gasteiger partial charge is 0.343 e. The largest absolute Gasteiger partial charge is 0.462 e. The van der Waals surface area contributed by atoms with Crippen LogP contribution >= 0.6 is 11.6 Å². The van der Waals surface area contributed by atoms with Gasteiger partial charge in [0.2, 0.25) is 0 Å². The highest BCUT2D eigenvalue weighted by molar-refractivity contribution is 6.32. The number of ether oxygens (including phenoxy) is 1. The van der Waals surface area contributed by atoms with E-state index in [1.54, 1.807) is 6.92 Å². The van der Waals surface area contributed by atoms with Gasteiger partial charge in [-0.3, -0.25) is 10.1 Å². The van der Waals surface area contributed by atoms with Crippen molar-refractivity contribution in [2.24, 2.45) is 0 Å². The molecule has 9 nitrogen and oxygen atoms in total. The molecule has 10 heteroatoms. The molecule has 0 aliphatic heterocycles. The summed E-state index contributed by atoms with van der Waals surface area (Å²) in [4.78, 5) is 25.5. The maximum Gasteiger partial charge on any atom is 0.343 e. The Morgan fingerprint density at radius 3 is 2.86 bits per heavy atom. The average Bonchev–Trinajstić information content (AvgIpc) is 2.80. The molecule has 2 N–H and O–H groups in total. The lowest BCUT2D eigenvalue weighted by Crippen LogP contribution is -2.10. The summed E-state index contributed by atoms with van der Waals surface area (Å²) in [5, 5.41) is 14.5. The predicted octanol–water partition coefficient (Wildman–Crippen LogP) is 1.59. The Morgan fingerprint density at radius 2 is 2.29 bits per heavy atom. The molecule has 0 amide bonds. The van der Waals surface area contributed by atoms with Gasteiger partial charge in [0.1, 0.15) is 17.6 Å². The number of hydrogen-bond acceptors (Lipinski definition) is 7. The number of nitrogens with zero attached hydrogens (tertiary/aromatic N) is 4. The van der Waals surface area contributed by atoms with Crippen molar-refractivity contribution in [1.82, 2.24) is 14.8 Å². The lowest BCUT2D eigenvalue weighted by atomic mass is 10.3. The standard InChI is InChI=1S/C11H10ClN5O4/c1-2-21-11(18)7-5-15-16(9(7)13)10-8(12)3-6(4-14-10)17(19)20/h3-5H,2,13H2,1H3. The Labute approximate surface area is 123 Å². The number of carbonyl (C=O) groups excluding carboxylic acids is 1. The zero-order valence-electron chi connectivity index (χ0n) is 10.8. The maximum atomic E-state index is 11.6. The molecule has 0 bridgehead atoms. The second-order valence-corrected chi connectivity index (χ2v) is 4.24. The molecule has 0 spiro atoms. The molecule has 0 unspecified atom stereocenters. The van der Waals surface area contributed by atoms with E-state index in [4.69, 9.17) is 22.1 Å². The average molecular weight is 312 g/mol. The molecule has 0 fully saturated rings. The number of pyridine rings is 1. The van der Waals surface area contributed by atoms with Crippen molar-refractivity contribution in [3.8, 4) is 5.82 Å². The van der Waals surface area contributed by atoms with Crippen molar-refractivity contribution in [3.63, 3.8) is 0 Å². The lowest BCUT2D eigenvalue weighted by Gasteiger charge is -2.06. The van der Waals surface area contributed by atoms with Crippen molar-refractivity contribution in [3.05, 3.63) is 39.2 Å². The predicted molar refractivity (Wildman–Crippen MR) is 73.4 cm³/mol. The number of nitrogen functional groups attached to an aromatic ring is 1. The monoisotopic (exact) mass is 311 g/mol. The highest BCUT2D eigenvalue weighted by Gasteiger charge is 2.20. The molecule has 2 aromatic rings. The van der Waals surface area contributed by atoms with Gasteiger partial charge in [0.25, 0.3) is 5.69 Å². The van der Waals surface area contributed by atoms with Crippen molar-refractivity contribution in [1.29, 1.82) is 0 Å². The molecule has 2 heterocycles. The SMILES string of the molecule is CCOC(=O)c1cnn(-c2ncc([N+](=O)[O-])cc2Cl)c1N. The first-order valence-electron chi connectivity index (χ1n) is 5.76. The van der Waals surface area contributed by atoms with E-state index in [-0.39, 0.29) is 34.5 Å². The molecule has 0 atom stereocenters. The van der Waals surface area contributed by atoms with Gasteiger partial charge in [-0.15, -0.1) is 0 Å². The minimum absolute atomic E-state index is 0.0169. The topological polar surface area (TPSA) is 126 Å². The maximum absolute atomic E-state index is 11.6. The van der Waals surface area contributed by atoms with Crippen LogP contribution in [0.5, 0.6) is 0 Å². The van der Waals surface area contributed by atoms with Gasteiger partial charge in [-0.25, -0.2) is 9.78 Å². The molecule has 2 aromatic heterocycles. The first-order chi connectivity index (χ1) is 9.95. The number of hydrogen-bond donors (Lipinski definition) is 1. The number of nitro groups is 1. The third kappa shape index (κ3) is 2.77. The Kier molecular flexibility index (Phi) is 4.03. The summed E-state index contributed by atoms with van der Waals surface area (Å²) in [6.45, 7) is 1.85. The van der Waals surface area contributed by atoms with Crippen LogP contribution in [0.2, 0.25) is 5.02 Å². The molecule has 0 aliphatic carbocycles. The van der Waals surface area contributed by atoms with Crippen LogP contribution in [0.25, 0.3) is 5.82 Å². The van der Waals surface area contributed by atoms with E-state index in [1.807, 2.05) is 0 Å². The summed E-state index contributed by atoms with van der Waals surface area (Å²) in [6, 6.07) is 1.12. The number of esters is 1. The molecule has 2 rings (SSSR count). The molecule has 0 aromatic carbocycles. The number of anilines is 1. The van der Waals surface area contributed by atoms with E-state index in [2.05, 4.69) is 10.1 Å². The van der Waals surface area contributed by atoms with Crippen LogP contribution in [-0.2, 0) is 4.74 Å². The summed E-state index contributed by atoms with van der Waals surface area (Å²) in [5.41, 5.74) is 5.60. The number of rotatable bonds is 4. The fraction of sp³-hybridized carbons (Fsp3) is 0.182. The second-order valence-electron chi connectivity index (χ2n) is 3.83. The Morgan fingerprint density at radius 1 is 1.57 bits per heavy atom. The Hall–Kier alpha value is -2.68. The van der Waals surface area contributed by atoms with Gasteiger partial charge in [0.05, 0.1) is 22.7 Å². The molecule has 0 aliphatic rings. The zero-order valence-corrected chi connectivity index (χ0v) is 11.6. The zero-order chi connectivity index (χ0) is 15.6. The summed E-state index contributed by atoms with van der Waals surface area (Å²) >= 11 is 5.93.